The van der Waals surface area contributed by atoms with E-state index in [1.807, 2.05) is 0 Å². The first kappa shape index (κ1) is 8.99. The molecule has 5 heteroatoms. The number of hydrogen-bond donors (Lipinski definition) is 2. The maximum atomic E-state index is 5.87. The smallest absolute Gasteiger partial charge is 0.151 e. The number of halogens is 1. The third kappa shape index (κ3) is 2.21. The topological polar surface area (TPSA) is 44.0 Å². The van der Waals surface area contributed by atoms with Crippen molar-refractivity contribution in [3.05, 3.63) is 17.2 Å². The van der Waals surface area contributed by atoms with Crippen molar-refractivity contribution in [1.29, 1.82) is 0 Å². The zero-order valence-corrected chi connectivity index (χ0v) is 8.14. The Morgan fingerprint density at radius 1 is 1.46 bits per heavy atom. The van der Waals surface area contributed by atoms with Crippen LogP contribution in [0.5, 0.6) is 0 Å². The molecule has 0 radical (unpaired) electrons. The summed E-state index contributed by atoms with van der Waals surface area (Å²) < 4.78 is 0. The molecule has 0 bridgehead atoms. The highest BCUT2D eigenvalue weighted by Gasteiger charge is 2.12. The van der Waals surface area contributed by atoms with Gasteiger partial charge in [-0.3, -0.25) is 4.90 Å². The van der Waals surface area contributed by atoms with Crippen LogP contribution in [0.4, 0.5) is 0 Å². The highest BCUT2D eigenvalue weighted by Crippen LogP contribution is 2.12. The lowest BCUT2D eigenvalue weighted by Crippen LogP contribution is -2.42. The van der Waals surface area contributed by atoms with E-state index < -0.39 is 0 Å². The van der Waals surface area contributed by atoms with Gasteiger partial charge in [-0.15, -0.1) is 0 Å². The van der Waals surface area contributed by atoms with Gasteiger partial charge < -0.3 is 10.3 Å². The van der Waals surface area contributed by atoms with Gasteiger partial charge >= 0.3 is 0 Å². The van der Waals surface area contributed by atoms with Gasteiger partial charge in [-0.2, -0.15) is 0 Å². The van der Waals surface area contributed by atoms with Crippen LogP contribution in [-0.4, -0.2) is 41.0 Å². The number of aromatic amines is 1. The Bertz CT molecular complexity index is 267. The van der Waals surface area contributed by atoms with Crippen molar-refractivity contribution in [2.75, 3.05) is 26.2 Å². The van der Waals surface area contributed by atoms with E-state index in [2.05, 4.69) is 20.2 Å². The first-order valence-corrected chi connectivity index (χ1v) is 4.85. The van der Waals surface area contributed by atoms with Gasteiger partial charge in [-0.25, -0.2) is 4.98 Å². The van der Waals surface area contributed by atoms with Crippen LogP contribution < -0.4 is 5.32 Å². The van der Waals surface area contributed by atoms with Crippen LogP contribution in [0.3, 0.4) is 0 Å². The molecule has 0 amide bonds. The predicted molar refractivity (Wildman–Crippen MR) is 51.7 cm³/mol. The fraction of sp³-hybridized carbons (Fsp3) is 0.625. The minimum Gasteiger partial charge on any atom is -0.346 e. The van der Waals surface area contributed by atoms with Crippen LogP contribution in [0.15, 0.2) is 6.33 Å². The van der Waals surface area contributed by atoms with Gasteiger partial charge in [0, 0.05) is 32.7 Å². The van der Waals surface area contributed by atoms with Crippen molar-refractivity contribution in [3.8, 4) is 0 Å². The summed E-state index contributed by atoms with van der Waals surface area (Å²) in [5.41, 5.74) is 1.02. The van der Waals surface area contributed by atoms with Crippen molar-refractivity contribution in [2.24, 2.45) is 0 Å². The van der Waals surface area contributed by atoms with Crippen LogP contribution in [0.2, 0.25) is 5.15 Å². The molecular weight excluding hydrogens is 188 g/mol. The van der Waals surface area contributed by atoms with Crippen LogP contribution in [0.25, 0.3) is 0 Å². The number of nitrogens with one attached hydrogen (secondary N) is 2. The van der Waals surface area contributed by atoms with Gasteiger partial charge in [0.15, 0.2) is 5.15 Å². The summed E-state index contributed by atoms with van der Waals surface area (Å²) in [6.07, 6.45) is 1.64. The summed E-state index contributed by atoms with van der Waals surface area (Å²) in [4.78, 5) is 9.35. The van der Waals surface area contributed by atoms with Crippen LogP contribution >= 0.6 is 11.6 Å². The van der Waals surface area contributed by atoms with E-state index in [9.17, 15) is 0 Å². The number of hydrogen-bond acceptors (Lipinski definition) is 3. The zero-order chi connectivity index (χ0) is 9.10. The standard InChI is InChI=1S/C8H13ClN4/c9-8-7(11-6-12-8)5-13-3-1-10-2-4-13/h6,10H,1-5H2,(H,11,12). The molecule has 0 aliphatic carbocycles. The maximum Gasteiger partial charge on any atom is 0.151 e. The maximum absolute atomic E-state index is 5.87. The largest absolute Gasteiger partial charge is 0.346 e. The van der Waals surface area contributed by atoms with Crippen molar-refractivity contribution in [3.63, 3.8) is 0 Å². The number of rotatable bonds is 2. The van der Waals surface area contributed by atoms with E-state index in [0.29, 0.717) is 5.15 Å². The Hall–Kier alpha value is -0.580. The molecule has 0 unspecified atom stereocenters. The van der Waals surface area contributed by atoms with Gasteiger partial charge in [0.2, 0.25) is 0 Å². The molecule has 0 spiro atoms. The summed E-state index contributed by atoms with van der Waals surface area (Å²) in [7, 11) is 0. The minimum atomic E-state index is 0.596. The lowest BCUT2D eigenvalue weighted by atomic mass is 10.3. The normalized spacial score (nSPS) is 19.2. The quantitative estimate of drug-likeness (QED) is 0.730. The third-order valence-corrected chi connectivity index (χ3v) is 2.58. The van der Waals surface area contributed by atoms with Gasteiger partial charge in [-0.1, -0.05) is 11.6 Å². The SMILES string of the molecule is Clc1nc[nH]c1CN1CCNCC1. The average molecular weight is 201 g/mol. The van der Waals surface area contributed by atoms with Gasteiger partial charge in [0.05, 0.1) is 12.0 Å². The van der Waals surface area contributed by atoms with Crippen LogP contribution in [-0.2, 0) is 6.54 Å². The first-order chi connectivity index (χ1) is 6.36. The van der Waals surface area contributed by atoms with Crippen molar-refractivity contribution < 1.29 is 0 Å². The van der Waals surface area contributed by atoms with E-state index in [0.717, 1.165) is 38.4 Å². The molecule has 13 heavy (non-hydrogen) atoms. The second-order valence-corrected chi connectivity index (χ2v) is 3.56. The molecular formula is C8H13ClN4. The van der Waals surface area contributed by atoms with Gasteiger partial charge in [0.1, 0.15) is 0 Å². The van der Waals surface area contributed by atoms with Gasteiger partial charge in [0.25, 0.3) is 0 Å². The molecule has 1 saturated heterocycles. The first-order valence-electron chi connectivity index (χ1n) is 4.47. The van der Waals surface area contributed by atoms with E-state index in [-0.39, 0.29) is 0 Å². The second kappa shape index (κ2) is 4.09. The van der Waals surface area contributed by atoms with E-state index in [4.69, 9.17) is 11.6 Å². The molecule has 0 saturated carbocycles. The average Bonchev–Trinajstić information content (AvgIpc) is 2.54. The number of nitrogens with zero attached hydrogens (tertiary/aromatic N) is 2. The van der Waals surface area contributed by atoms with Crippen molar-refractivity contribution in [1.82, 2.24) is 20.2 Å². The minimum absolute atomic E-state index is 0.596. The van der Waals surface area contributed by atoms with Crippen molar-refractivity contribution >= 4 is 11.6 Å². The number of piperazine rings is 1. The monoisotopic (exact) mass is 200 g/mol. The molecule has 1 aromatic rings. The lowest BCUT2D eigenvalue weighted by Gasteiger charge is -2.26. The molecule has 1 aliphatic rings. The van der Waals surface area contributed by atoms with Crippen molar-refractivity contribution in [2.45, 2.75) is 6.54 Å². The molecule has 1 fully saturated rings. The molecule has 2 rings (SSSR count). The summed E-state index contributed by atoms with van der Waals surface area (Å²) in [6.45, 7) is 5.16. The molecule has 1 aromatic heterocycles. The fourth-order valence-electron chi connectivity index (χ4n) is 1.51. The number of imidazole rings is 1. The lowest BCUT2D eigenvalue weighted by molar-refractivity contribution is 0.231. The molecule has 0 aromatic carbocycles. The highest BCUT2D eigenvalue weighted by atomic mass is 35.5. The summed E-state index contributed by atoms with van der Waals surface area (Å²) in [5, 5.41) is 3.90. The Balaban J connectivity index is 1.93. The molecule has 4 nitrogen and oxygen atoms in total. The Labute approximate surface area is 82.3 Å². The Morgan fingerprint density at radius 2 is 2.23 bits per heavy atom. The second-order valence-electron chi connectivity index (χ2n) is 3.20. The van der Waals surface area contributed by atoms with E-state index in [1.54, 1.807) is 6.33 Å². The van der Waals surface area contributed by atoms with E-state index >= 15 is 0 Å². The van der Waals surface area contributed by atoms with E-state index in [1.165, 1.54) is 0 Å². The predicted octanol–water partition coefficient (Wildman–Crippen LogP) is 0.468. The Kier molecular flexibility index (Phi) is 2.83. The fourth-order valence-corrected chi connectivity index (χ4v) is 1.67. The van der Waals surface area contributed by atoms with Crippen LogP contribution in [0, 0.1) is 0 Å². The molecule has 72 valence electrons. The molecule has 2 N–H and O–H groups in total. The molecule has 2 heterocycles. The van der Waals surface area contributed by atoms with Gasteiger partial charge in [-0.05, 0) is 0 Å². The summed E-state index contributed by atoms with van der Waals surface area (Å²) in [5.74, 6) is 0. The summed E-state index contributed by atoms with van der Waals surface area (Å²) >= 11 is 5.87. The zero-order valence-electron chi connectivity index (χ0n) is 7.39. The number of H-pyrrole nitrogens is 1. The summed E-state index contributed by atoms with van der Waals surface area (Å²) in [6, 6.07) is 0. The van der Waals surface area contributed by atoms with Crippen LogP contribution in [0.1, 0.15) is 5.69 Å². The third-order valence-electron chi connectivity index (χ3n) is 2.26. The molecule has 1 aliphatic heterocycles. The number of aromatic nitrogens is 2. The highest BCUT2D eigenvalue weighted by molar-refractivity contribution is 6.30. The molecule has 0 atom stereocenters. The Morgan fingerprint density at radius 3 is 2.85 bits per heavy atom.